The first-order valence-corrected chi connectivity index (χ1v) is 26.3. The highest BCUT2D eigenvalue weighted by Crippen LogP contribution is 2.44. The number of ether oxygens (including phenoxy) is 3. The molecule has 0 aliphatic carbocycles. The molecule has 400 valence electrons. The molecule has 5 fully saturated rings. The van der Waals surface area contributed by atoms with Crippen LogP contribution in [0, 0.1) is 35.8 Å². The Morgan fingerprint density at radius 3 is 2.61 bits per heavy atom. The molecule has 5 saturated heterocycles. The predicted octanol–water partition coefficient (Wildman–Crippen LogP) is 6.23. The van der Waals surface area contributed by atoms with Gasteiger partial charge >= 0.3 is 17.8 Å². The predicted molar refractivity (Wildman–Crippen MR) is 281 cm³/mol. The average Bonchev–Trinajstić information content (AvgIpc) is 4.18. The second-order valence-corrected chi connectivity index (χ2v) is 21.2. The third kappa shape index (κ3) is 9.79. The summed E-state index contributed by atoms with van der Waals surface area (Å²) >= 11 is 0. The summed E-state index contributed by atoms with van der Waals surface area (Å²) in [6.07, 6.45) is 13.4. The minimum absolute atomic E-state index is 0.0428. The van der Waals surface area contributed by atoms with E-state index in [4.69, 9.17) is 25.6 Å². The van der Waals surface area contributed by atoms with Crippen molar-refractivity contribution in [1.29, 1.82) is 0 Å². The quantitative estimate of drug-likeness (QED) is 0.0748. The van der Waals surface area contributed by atoms with Crippen molar-refractivity contribution in [2.45, 2.75) is 107 Å². The maximum Gasteiger partial charge on any atom is 0.409 e. The molecule has 8 heterocycles. The van der Waals surface area contributed by atoms with E-state index < -0.39 is 34.7 Å². The van der Waals surface area contributed by atoms with Gasteiger partial charge in [0.25, 0.3) is 0 Å². The lowest BCUT2D eigenvalue weighted by molar-refractivity contribution is -0.135. The van der Waals surface area contributed by atoms with Crippen LogP contribution in [-0.2, 0) is 26.1 Å². The van der Waals surface area contributed by atoms with Crippen molar-refractivity contribution >= 4 is 56.4 Å². The highest BCUT2D eigenvalue weighted by Gasteiger charge is 2.50. The molecule has 3 amide bonds. The molecule has 0 radical (unpaired) electrons. The van der Waals surface area contributed by atoms with Crippen molar-refractivity contribution in [3.05, 3.63) is 81.9 Å². The number of aliphatic hydroxyl groups is 1. The van der Waals surface area contributed by atoms with Crippen LogP contribution in [0.25, 0.3) is 44.0 Å². The minimum atomic E-state index is -1.03. The van der Waals surface area contributed by atoms with Crippen LogP contribution in [0.5, 0.6) is 11.8 Å². The first-order valence-electron chi connectivity index (χ1n) is 26.3. The number of pyridine rings is 1. The summed E-state index contributed by atoms with van der Waals surface area (Å²) in [5, 5.41) is 25.1. The smallest absolute Gasteiger partial charge is 0.409 e. The summed E-state index contributed by atoms with van der Waals surface area (Å²) in [7, 11) is 1.64. The molecule has 11 rings (SSSR count). The molecule has 5 aliphatic heterocycles. The number of rotatable bonds is 11. The lowest BCUT2D eigenvalue weighted by atomic mass is 9.94. The molecule has 77 heavy (non-hydrogen) atoms. The number of aryl methyl sites for hydroxylation is 1. The number of halogens is 2. The number of imidazole rings is 1. The topological polar surface area (TPSA) is 207 Å². The molecule has 0 saturated carbocycles. The number of carbonyl (C=O) groups excluding carboxylic acids is 3. The molecular weight excluding hydrogens is 993 g/mol. The van der Waals surface area contributed by atoms with E-state index in [9.17, 15) is 29.4 Å². The van der Waals surface area contributed by atoms with Crippen molar-refractivity contribution in [2.24, 2.45) is 7.05 Å². The fourth-order valence-corrected chi connectivity index (χ4v) is 12.3. The number of aromatic hydroxyl groups is 1. The number of carbonyl (C=O) groups is 3. The SMILES string of the molecule is C#Cc1c(F)ccc2cc(O)cc(-c3ncc4c(N5CCC[C@@](C)(O)C5)nc(OC[C@@]56CCCN5[C@H](COC(=O)N5CCC(OCCC#Cc7cccc8c7n(C)c(=O)n8C7CCC(=O)NC7=O)CC5)CC6)nc4c3F)c12. The number of likely N-dealkylation sites (tertiary alicyclic amines) is 1. The number of anilines is 1. The van der Waals surface area contributed by atoms with Crippen LogP contribution in [0.2, 0.25) is 0 Å². The zero-order valence-electron chi connectivity index (χ0n) is 42.9. The number of terminal acetylenes is 1. The zero-order valence-corrected chi connectivity index (χ0v) is 42.9. The second kappa shape index (κ2) is 20.7. The number of nitrogens with zero attached hydrogens (tertiary/aromatic N) is 8. The third-order valence-electron chi connectivity index (χ3n) is 16.1. The fraction of sp³-hybridized carbons (Fsp3) is 0.456. The van der Waals surface area contributed by atoms with E-state index in [2.05, 4.69) is 37.9 Å². The molecule has 3 N–H and O–H groups in total. The fourth-order valence-electron chi connectivity index (χ4n) is 12.3. The summed E-state index contributed by atoms with van der Waals surface area (Å²) < 4.78 is 53.8. The maximum absolute atomic E-state index is 17.2. The van der Waals surface area contributed by atoms with Crippen LogP contribution in [0.3, 0.4) is 0 Å². The second-order valence-electron chi connectivity index (χ2n) is 21.2. The van der Waals surface area contributed by atoms with Gasteiger partial charge in [-0.15, -0.1) is 6.42 Å². The van der Waals surface area contributed by atoms with Crippen LogP contribution in [0.1, 0.15) is 94.7 Å². The van der Waals surface area contributed by atoms with Crippen molar-refractivity contribution < 1.29 is 47.6 Å². The number of imide groups is 1. The average molecular weight is 1050 g/mol. The molecule has 1 unspecified atom stereocenters. The van der Waals surface area contributed by atoms with Crippen LogP contribution in [-0.4, -0.2) is 138 Å². The Bertz CT molecular complexity index is 3540. The summed E-state index contributed by atoms with van der Waals surface area (Å²) in [5.74, 6) is 6.50. The number of benzene rings is 3. The number of nitrogens with one attached hydrogen (secondary N) is 1. The normalized spacial score (nSPS) is 23.0. The van der Waals surface area contributed by atoms with E-state index >= 15 is 8.78 Å². The Labute approximate surface area is 442 Å². The molecule has 20 heteroatoms. The summed E-state index contributed by atoms with van der Waals surface area (Å²) in [6.45, 7) is 5.05. The first kappa shape index (κ1) is 51.5. The number of aromatic nitrogens is 5. The Hall–Kier alpha value is -7.65. The van der Waals surface area contributed by atoms with Gasteiger partial charge < -0.3 is 34.2 Å². The minimum Gasteiger partial charge on any atom is -0.508 e. The molecule has 3 aromatic carbocycles. The molecule has 3 aromatic heterocycles. The Kier molecular flexibility index (Phi) is 13.8. The van der Waals surface area contributed by atoms with Crippen LogP contribution >= 0.6 is 0 Å². The molecule has 4 atom stereocenters. The van der Waals surface area contributed by atoms with Crippen molar-refractivity contribution in [3.63, 3.8) is 0 Å². The number of amides is 3. The Morgan fingerprint density at radius 2 is 1.82 bits per heavy atom. The number of β-amino-alcohol motifs (C(OH)–C–C–N with tert-alkyl or cyclic N) is 1. The standard InChI is InChI=1S/C57H59F2N9O9/c1-4-39-42(58)14-13-35-28-37(69)29-40(46(35)39)48-47(59)49-41(30-60-48)51(66-23-8-20-56(2,74)32-66)63-53(62-49)77-33-57-21-9-24-67(57)36(17-22-57)31-76-55(73)65-25-18-38(19-26-65)75-27-6-5-10-34-11-7-12-43-50(34)64(3)54(72)68(43)44-15-16-45(70)61-52(44)71/h1,7,11-14,28-30,36,38,44,69,74H,6,8-9,15-27,31-33H2,2-3H3,(H,61,70,71)/t36-,44?,56+,57-/m0/s1. The van der Waals surface area contributed by atoms with E-state index in [-0.39, 0.29) is 107 Å². The van der Waals surface area contributed by atoms with Crippen LogP contribution in [0.15, 0.2) is 53.5 Å². The summed E-state index contributed by atoms with van der Waals surface area (Å²) in [4.78, 5) is 71.1. The van der Waals surface area contributed by atoms with Crippen LogP contribution in [0.4, 0.5) is 19.4 Å². The molecule has 0 spiro atoms. The number of phenols is 1. The highest BCUT2D eigenvalue weighted by atomic mass is 19.1. The third-order valence-corrected chi connectivity index (χ3v) is 16.1. The highest BCUT2D eigenvalue weighted by molar-refractivity contribution is 6.03. The van der Waals surface area contributed by atoms with Gasteiger partial charge in [0, 0.05) is 69.3 Å². The molecule has 18 nitrogen and oxygen atoms in total. The summed E-state index contributed by atoms with van der Waals surface area (Å²) in [6, 6.07) is 9.89. The number of para-hydroxylation sites is 1. The van der Waals surface area contributed by atoms with Gasteiger partial charge in [0.2, 0.25) is 11.8 Å². The molecule has 0 bridgehead atoms. The van der Waals surface area contributed by atoms with E-state index in [1.54, 1.807) is 31.0 Å². The number of phenolic OH excluding ortho intramolecular Hbond substituents is 1. The van der Waals surface area contributed by atoms with Crippen molar-refractivity contribution in [1.82, 2.24) is 39.2 Å². The van der Waals surface area contributed by atoms with Gasteiger partial charge in [-0.05, 0) is 107 Å². The van der Waals surface area contributed by atoms with Gasteiger partial charge in [-0.1, -0.05) is 29.9 Å². The van der Waals surface area contributed by atoms with E-state index in [0.29, 0.717) is 86.1 Å². The molecule has 5 aliphatic rings. The van der Waals surface area contributed by atoms with Crippen LogP contribution < -0.4 is 20.6 Å². The maximum atomic E-state index is 17.2. The Morgan fingerprint density at radius 1 is 1.00 bits per heavy atom. The molecular formula is C57H59F2N9O9. The largest absolute Gasteiger partial charge is 0.508 e. The number of hydrogen-bond acceptors (Lipinski definition) is 14. The first-order chi connectivity index (χ1) is 37.1. The van der Waals surface area contributed by atoms with Gasteiger partial charge in [-0.25, -0.2) is 18.4 Å². The van der Waals surface area contributed by atoms with E-state index in [0.717, 1.165) is 32.2 Å². The van der Waals surface area contributed by atoms with Gasteiger partial charge in [0.15, 0.2) is 5.82 Å². The number of piperidine rings is 3. The summed E-state index contributed by atoms with van der Waals surface area (Å²) in [5.41, 5.74) is -0.262. The van der Waals surface area contributed by atoms with Crippen molar-refractivity contribution in [3.8, 4) is 47.2 Å². The lowest BCUT2D eigenvalue weighted by Gasteiger charge is -2.38. The molecule has 6 aromatic rings. The van der Waals surface area contributed by atoms with E-state index in [1.807, 2.05) is 11.0 Å². The van der Waals surface area contributed by atoms with Gasteiger partial charge in [-0.2, -0.15) is 9.97 Å². The van der Waals surface area contributed by atoms with Gasteiger partial charge in [0.05, 0.1) is 51.4 Å². The Balaban J connectivity index is 0.715. The van der Waals surface area contributed by atoms with Crippen molar-refractivity contribution in [2.75, 3.05) is 57.4 Å². The number of fused-ring (bicyclic) bond motifs is 4. The lowest BCUT2D eigenvalue weighted by Crippen LogP contribution is -2.48. The van der Waals surface area contributed by atoms with Gasteiger partial charge in [0.1, 0.15) is 47.9 Å². The monoisotopic (exact) mass is 1050 g/mol. The zero-order chi connectivity index (χ0) is 53.8. The number of hydrogen-bond donors (Lipinski definition) is 3. The van der Waals surface area contributed by atoms with Gasteiger partial charge in [-0.3, -0.25) is 33.9 Å². The van der Waals surface area contributed by atoms with E-state index in [1.165, 1.54) is 39.6 Å².